The normalized spacial score (nSPS) is 13.9. The van der Waals surface area contributed by atoms with E-state index in [1.54, 1.807) is 6.07 Å². The van der Waals surface area contributed by atoms with E-state index in [0.29, 0.717) is 23.0 Å². The Morgan fingerprint density at radius 2 is 2.30 bits per heavy atom. The third-order valence-corrected chi connectivity index (χ3v) is 4.67. The summed E-state index contributed by atoms with van der Waals surface area (Å²) in [5, 5.41) is 34.7. The van der Waals surface area contributed by atoms with Gasteiger partial charge in [-0.15, -0.1) is 0 Å². The molecular weight excluding hydrogens is 375 g/mol. The Kier molecular flexibility index (Phi) is 5.87. The number of benzene rings is 1. The van der Waals surface area contributed by atoms with E-state index in [0.717, 1.165) is 18.9 Å². The average molecular weight is 390 g/mol. The number of hydrogen-bond donors (Lipinski definition) is 3. The zero-order chi connectivity index (χ0) is 19.2. The summed E-state index contributed by atoms with van der Waals surface area (Å²) >= 11 is 1.27. The maximum absolute atomic E-state index is 13.4. The number of nitrogens with zero attached hydrogens (tertiary/aromatic N) is 4. The van der Waals surface area contributed by atoms with Crippen molar-refractivity contribution in [3.05, 3.63) is 35.3 Å². The molecule has 11 heteroatoms. The summed E-state index contributed by atoms with van der Waals surface area (Å²) in [6.45, 7) is 0.453. The largest absolute Gasteiger partial charge is 0.409 e. The van der Waals surface area contributed by atoms with Crippen LogP contribution >= 0.6 is 11.8 Å². The fourth-order valence-corrected chi connectivity index (χ4v) is 2.94. The van der Waals surface area contributed by atoms with E-state index >= 15 is 0 Å². The number of aromatic nitrogens is 2. The minimum atomic E-state index is -0.655. The van der Waals surface area contributed by atoms with Crippen LogP contribution in [0.15, 0.2) is 33.0 Å². The number of nitrogens with one attached hydrogen (secondary N) is 2. The monoisotopic (exact) mass is 390 g/mol. The fraction of sp³-hybridized carbons (Fsp3) is 0.312. The topological polar surface area (TPSA) is 136 Å². The molecule has 0 bridgehead atoms. The number of carbonyl (C=O) groups is 1. The first-order chi connectivity index (χ1) is 13.1. The number of anilines is 1. The zero-order valence-electron chi connectivity index (χ0n) is 14.0. The second-order valence-corrected chi connectivity index (χ2v) is 6.80. The van der Waals surface area contributed by atoms with Gasteiger partial charge in [-0.3, -0.25) is 4.79 Å². The van der Waals surface area contributed by atoms with Crippen molar-refractivity contribution in [2.24, 2.45) is 11.1 Å². The number of halogens is 1. The molecule has 140 valence electrons. The van der Waals surface area contributed by atoms with Crippen LogP contribution in [0.25, 0.3) is 0 Å². The van der Waals surface area contributed by atoms with Crippen LogP contribution in [-0.4, -0.2) is 39.6 Å². The van der Waals surface area contributed by atoms with Gasteiger partial charge in [0.2, 0.25) is 11.7 Å². The molecule has 0 saturated heterocycles. The van der Waals surface area contributed by atoms with Crippen LogP contribution in [0.4, 0.5) is 10.1 Å². The number of rotatable bonds is 7. The summed E-state index contributed by atoms with van der Waals surface area (Å²) in [5.41, 5.74) is 0.326. The summed E-state index contributed by atoms with van der Waals surface area (Å²) in [4.78, 5) is 11.6. The molecule has 0 atom stereocenters. The first-order valence-corrected chi connectivity index (χ1v) is 9.03. The van der Waals surface area contributed by atoms with Crippen molar-refractivity contribution < 1.29 is 19.0 Å². The molecule has 1 aliphatic carbocycles. The van der Waals surface area contributed by atoms with Gasteiger partial charge in [0.25, 0.3) is 0 Å². The molecule has 0 radical (unpaired) electrons. The molecule has 0 aliphatic heterocycles. The minimum Gasteiger partial charge on any atom is -0.409 e. The lowest BCUT2D eigenvalue weighted by atomic mass is 10.2. The van der Waals surface area contributed by atoms with Crippen LogP contribution in [0.2, 0.25) is 0 Å². The second-order valence-electron chi connectivity index (χ2n) is 5.71. The fourth-order valence-electron chi connectivity index (χ4n) is 2.19. The van der Waals surface area contributed by atoms with Crippen LogP contribution < -0.4 is 10.6 Å². The predicted octanol–water partition coefficient (Wildman–Crippen LogP) is 1.95. The maximum Gasteiger partial charge on any atom is 0.223 e. The average Bonchev–Trinajstić information content (AvgIpc) is 3.43. The highest BCUT2D eigenvalue weighted by molar-refractivity contribution is 7.99. The molecule has 1 aliphatic rings. The number of amides is 1. The van der Waals surface area contributed by atoms with Gasteiger partial charge in [0.15, 0.2) is 10.7 Å². The van der Waals surface area contributed by atoms with E-state index in [1.165, 1.54) is 23.9 Å². The first kappa shape index (κ1) is 18.7. The lowest BCUT2D eigenvalue weighted by Gasteiger charge is -2.07. The van der Waals surface area contributed by atoms with Crippen molar-refractivity contribution in [2.75, 3.05) is 17.6 Å². The van der Waals surface area contributed by atoms with E-state index < -0.39 is 5.82 Å². The van der Waals surface area contributed by atoms with Crippen molar-refractivity contribution in [3.8, 4) is 6.07 Å². The van der Waals surface area contributed by atoms with Crippen LogP contribution in [0.5, 0.6) is 0 Å². The highest BCUT2D eigenvalue weighted by atomic mass is 32.2. The molecule has 1 fully saturated rings. The number of carbonyl (C=O) groups excluding carboxylic acids is 1. The number of hydrogen-bond acceptors (Lipinski definition) is 8. The van der Waals surface area contributed by atoms with E-state index in [4.69, 9.17) is 9.89 Å². The van der Waals surface area contributed by atoms with E-state index in [1.807, 2.05) is 0 Å². The van der Waals surface area contributed by atoms with Gasteiger partial charge in [-0.2, -0.15) is 5.26 Å². The number of nitriles is 1. The van der Waals surface area contributed by atoms with Gasteiger partial charge in [0, 0.05) is 23.9 Å². The summed E-state index contributed by atoms with van der Waals surface area (Å²) < 4.78 is 18.1. The predicted molar refractivity (Wildman–Crippen MR) is 93.8 cm³/mol. The van der Waals surface area contributed by atoms with Crippen LogP contribution in [0, 0.1) is 23.1 Å². The third-order valence-electron chi connectivity index (χ3n) is 3.72. The first-order valence-electron chi connectivity index (χ1n) is 8.04. The van der Waals surface area contributed by atoms with Gasteiger partial charge < -0.3 is 15.8 Å². The third kappa shape index (κ3) is 4.73. The second kappa shape index (κ2) is 8.50. The maximum atomic E-state index is 13.4. The zero-order valence-corrected chi connectivity index (χ0v) is 14.8. The van der Waals surface area contributed by atoms with E-state index in [2.05, 4.69) is 26.1 Å². The van der Waals surface area contributed by atoms with Crippen molar-refractivity contribution in [1.29, 1.82) is 5.26 Å². The van der Waals surface area contributed by atoms with Crippen LogP contribution in [-0.2, 0) is 4.79 Å². The van der Waals surface area contributed by atoms with E-state index in [9.17, 15) is 14.4 Å². The molecular formula is C16H15FN6O3S. The van der Waals surface area contributed by atoms with Gasteiger partial charge >= 0.3 is 0 Å². The molecule has 0 spiro atoms. The lowest BCUT2D eigenvalue weighted by Crippen LogP contribution is -2.27. The molecule has 9 nitrogen and oxygen atoms in total. The van der Waals surface area contributed by atoms with Gasteiger partial charge in [0.05, 0.1) is 5.56 Å². The van der Waals surface area contributed by atoms with Gasteiger partial charge in [-0.25, -0.2) is 9.02 Å². The molecule has 1 amide bonds. The quantitative estimate of drug-likeness (QED) is 0.163. The lowest BCUT2D eigenvalue weighted by molar-refractivity contribution is -0.122. The Hall–Kier alpha value is -3.13. The van der Waals surface area contributed by atoms with Crippen LogP contribution in [0.1, 0.15) is 24.1 Å². The number of oxime groups is 1. The Bertz CT molecular complexity index is 906. The van der Waals surface area contributed by atoms with Gasteiger partial charge in [0.1, 0.15) is 11.9 Å². The smallest absolute Gasteiger partial charge is 0.223 e. The summed E-state index contributed by atoms with van der Waals surface area (Å²) in [7, 11) is 0. The molecule has 3 N–H and O–H groups in total. The minimum absolute atomic E-state index is 0.0537. The van der Waals surface area contributed by atoms with Crippen molar-refractivity contribution >= 4 is 29.2 Å². The molecule has 1 aromatic heterocycles. The Labute approximate surface area is 157 Å². The number of thioether (sulfide) groups is 1. The molecule has 3 rings (SSSR count). The van der Waals surface area contributed by atoms with E-state index in [-0.39, 0.29) is 28.9 Å². The summed E-state index contributed by atoms with van der Waals surface area (Å²) in [5.74, 6) is -0.00830. The highest BCUT2D eigenvalue weighted by Crippen LogP contribution is 2.28. The highest BCUT2D eigenvalue weighted by Gasteiger charge is 2.29. The van der Waals surface area contributed by atoms with Gasteiger partial charge in [-0.1, -0.05) is 16.9 Å². The SMILES string of the molecule is N#Cc1cc(N/C(=N\O)c2nonc2SCCNC(=O)C2CC2)ccc1F. The Balaban J connectivity index is 1.62. The number of amidine groups is 1. The molecule has 27 heavy (non-hydrogen) atoms. The molecule has 2 aromatic rings. The molecule has 1 saturated carbocycles. The Morgan fingerprint density at radius 3 is 3.00 bits per heavy atom. The standard InChI is InChI=1S/C16H15FN6O3S/c17-12-4-3-11(7-10(12)8-18)20-14(21-25)13-16(23-26-22-13)27-6-5-19-15(24)9-1-2-9/h3-4,7,9,25H,1-2,5-6H2,(H,19,24)(H,20,21). The van der Waals surface area contributed by atoms with Crippen molar-refractivity contribution in [3.63, 3.8) is 0 Å². The summed E-state index contributed by atoms with van der Waals surface area (Å²) in [6, 6.07) is 5.50. The Morgan fingerprint density at radius 1 is 1.48 bits per heavy atom. The van der Waals surface area contributed by atoms with Crippen molar-refractivity contribution in [1.82, 2.24) is 15.6 Å². The molecule has 0 unspecified atom stereocenters. The van der Waals surface area contributed by atoms with Gasteiger partial charge in [-0.05, 0) is 41.4 Å². The van der Waals surface area contributed by atoms with Crippen molar-refractivity contribution in [2.45, 2.75) is 17.9 Å². The van der Waals surface area contributed by atoms with Crippen LogP contribution in [0.3, 0.4) is 0 Å². The molecule has 1 heterocycles. The summed E-state index contributed by atoms with van der Waals surface area (Å²) in [6.07, 6.45) is 1.88. The molecule has 1 aromatic carbocycles.